The standard InChI is InChI=1S/C37H46F2N8O4/c1-45-31(15-18-40-45)33(48)44-32(27-13-16-37(38,39)17-14-27)34(49)41-28-9-7-25(8-10-28)23-30(43-36(51)42-29-11-12-29)35(50)47-21-19-46(20-22-47)24-26-5-3-2-4-6-26/h2-10,15,18,27,29-30,32H,11-14,16-17,19-24H2,1H3,(H,41,49)(H,44,48)(H2,42,43,51)/t30-,32?/m1/s1. The van der Waals surface area contributed by atoms with Crippen molar-refractivity contribution in [1.82, 2.24) is 35.5 Å². The van der Waals surface area contributed by atoms with Crippen molar-refractivity contribution >= 4 is 29.4 Å². The molecule has 2 saturated carbocycles. The van der Waals surface area contributed by atoms with Gasteiger partial charge in [0.2, 0.25) is 17.7 Å². The Morgan fingerprint density at radius 3 is 2.18 bits per heavy atom. The third kappa shape index (κ3) is 9.90. The van der Waals surface area contributed by atoms with Crippen LogP contribution in [0.1, 0.15) is 60.1 Å². The average Bonchev–Trinajstić information content (AvgIpc) is 3.83. The number of amides is 5. The van der Waals surface area contributed by atoms with Crippen LogP contribution in [0.15, 0.2) is 66.9 Å². The number of carbonyl (C=O) groups is 4. The van der Waals surface area contributed by atoms with E-state index in [1.54, 1.807) is 36.2 Å². The van der Waals surface area contributed by atoms with E-state index in [0.717, 1.165) is 38.0 Å². The number of nitrogens with zero attached hydrogens (tertiary/aromatic N) is 4. The van der Waals surface area contributed by atoms with Crippen LogP contribution >= 0.6 is 0 Å². The van der Waals surface area contributed by atoms with Crippen LogP contribution in [-0.2, 0) is 29.6 Å². The quantitative estimate of drug-likeness (QED) is 0.227. The Labute approximate surface area is 296 Å². The molecule has 2 heterocycles. The van der Waals surface area contributed by atoms with E-state index in [4.69, 9.17) is 0 Å². The van der Waals surface area contributed by atoms with Gasteiger partial charge in [0.15, 0.2) is 0 Å². The van der Waals surface area contributed by atoms with Gasteiger partial charge in [0.05, 0.1) is 0 Å². The molecule has 14 heteroatoms. The van der Waals surface area contributed by atoms with Gasteiger partial charge in [-0.05, 0) is 60.9 Å². The fourth-order valence-electron chi connectivity index (χ4n) is 6.79. The van der Waals surface area contributed by atoms with E-state index in [1.807, 2.05) is 18.2 Å². The number of aryl methyl sites for hydroxylation is 1. The van der Waals surface area contributed by atoms with Gasteiger partial charge in [-0.25, -0.2) is 13.6 Å². The first-order chi connectivity index (χ1) is 24.5. The number of hydrogen-bond donors (Lipinski definition) is 4. The third-order valence-corrected chi connectivity index (χ3v) is 9.97. The lowest BCUT2D eigenvalue weighted by Gasteiger charge is -2.36. The van der Waals surface area contributed by atoms with Crippen molar-refractivity contribution in [3.05, 3.63) is 83.7 Å². The van der Waals surface area contributed by atoms with E-state index in [9.17, 15) is 28.0 Å². The van der Waals surface area contributed by atoms with Crippen LogP contribution in [-0.4, -0.2) is 93.6 Å². The summed E-state index contributed by atoms with van der Waals surface area (Å²) in [6.07, 6.45) is 3.03. The summed E-state index contributed by atoms with van der Waals surface area (Å²) < 4.78 is 29.3. The van der Waals surface area contributed by atoms with Crippen LogP contribution in [0.3, 0.4) is 0 Å². The highest BCUT2D eigenvalue weighted by Gasteiger charge is 2.40. The summed E-state index contributed by atoms with van der Waals surface area (Å²) in [5.74, 6) is -4.44. The first-order valence-corrected chi connectivity index (χ1v) is 17.7. The molecule has 1 aliphatic heterocycles. The molecule has 12 nitrogen and oxygen atoms in total. The second kappa shape index (κ2) is 16.0. The second-order valence-corrected chi connectivity index (χ2v) is 13.9. The molecular formula is C37H46F2N8O4. The summed E-state index contributed by atoms with van der Waals surface area (Å²) in [6.45, 7) is 3.36. The van der Waals surface area contributed by atoms with Crippen molar-refractivity contribution in [3.63, 3.8) is 0 Å². The molecule has 1 unspecified atom stereocenters. The maximum absolute atomic E-state index is 14.0. The van der Waals surface area contributed by atoms with Crippen molar-refractivity contribution < 1.29 is 28.0 Å². The van der Waals surface area contributed by atoms with E-state index in [2.05, 4.69) is 43.4 Å². The monoisotopic (exact) mass is 704 g/mol. The zero-order chi connectivity index (χ0) is 36.0. The first kappa shape index (κ1) is 36.0. The predicted octanol–water partition coefficient (Wildman–Crippen LogP) is 3.70. The number of rotatable bonds is 12. The van der Waals surface area contributed by atoms with E-state index >= 15 is 0 Å². The first-order valence-electron chi connectivity index (χ1n) is 17.7. The molecule has 0 spiro atoms. The molecule has 0 bridgehead atoms. The van der Waals surface area contributed by atoms with Crippen LogP contribution < -0.4 is 21.3 Å². The SMILES string of the molecule is Cn1nccc1C(=O)NC(C(=O)Nc1ccc(C[C@@H](NC(=O)NC2CC2)C(=O)N2CCN(Cc3ccccc3)CC2)cc1)C1CCC(F)(F)CC1. The fourth-order valence-corrected chi connectivity index (χ4v) is 6.79. The van der Waals surface area contributed by atoms with Crippen LogP contribution in [0, 0.1) is 5.92 Å². The number of alkyl halides is 2. The molecule has 2 aromatic carbocycles. The molecular weight excluding hydrogens is 658 g/mol. The highest BCUT2D eigenvalue weighted by atomic mass is 19.3. The van der Waals surface area contributed by atoms with Crippen molar-refractivity contribution in [2.24, 2.45) is 13.0 Å². The molecule has 6 rings (SSSR count). The minimum Gasteiger partial charge on any atom is -0.339 e. The normalized spacial score (nSPS) is 19.1. The molecule has 2 atom stereocenters. The summed E-state index contributed by atoms with van der Waals surface area (Å²) in [5, 5.41) is 15.4. The largest absolute Gasteiger partial charge is 0.339 e. The number of aromatic nitrogens is 2. The van der Waals surface area contributed by atoms with Crippen molar-refractivity contribution in [2.75, 3.05) is 31.5 Å². The maximum Gasteiger partial charge on any atom is 0.315 e. The molecule has 1 aromatic heterocycles. The topological polar surface area (TPSA) is 141 Å². The maximum atomic E-state index is 14.0. The van der Waals surface area contributed by atoms with Gasteiger partial charge in [0, 0.05) is 77.0 Å². The minimum absolute atomic E-state index is 0.0918. The molecule has 272 valence electrons. The van der Waals surface area contributed by atoms with Gasteiger partial charge >= 0.3 is 6.03 Å². The van der Waals surface area contributed by atoms with Gasteiger partial charge in [-0.1, -0.05) is 42.5 Å². The lowest BCUT2D eigenvalue weighted by molar-refractivity contribution is -0.135. The van der Waals surface area contributed by atoms with Gasteiger partial charge in [-0.3, -0.25) is 24.0 Å². The third-order valence-electron chi connectivity index (χ3n) is 9.97. The Morgan fingerprint density at radius 2 is 1.55 bits per heavy atom. The van der Waals surface area contributed by atoms with Crippen LogP contribution in [0.25, 0.3) is 0 Å². The van der Waals surface area contributed by atoms with Crippen LogP contribution in [0.2, 0.25) is 0 Å². The highest BCUT2D eigenvalue weighted by molar-refractivity contribution is 6.00. The summed E-state index contributed by atoms with van der Waals surface area (Å²) in [7, 11) is 1.60. The molecule has 4 N–H and O–H groups in total. The second-order valence-electron chi connectivity index (χ2n) is 13.9. The van der Waals surface area contributed by atoms with E-state index < -0.39 is 35.7 Å². The number of piperazine rings is 1. The van der Waals surface area contributed by atoms with E-state index in [1.165, 1.54) is 22.5 Å². The zero-order valence-electron chi connectivity index (χ0n) is 28.8. The molecule has 0 radical (unpaired) electrons. The fraction of sp³-hybridized carbons (Fsp3) is 0.486. The lowest BCUT2D eigenvalue weighted by atomic mass is 9.81. The summed E-state index contributed by atoms with van der Waals surface area (Å²) in [5.41, 5.74) is 2.69. The van der Waals surface area contributed by atoms with Crippen molar-refractivity contribution in [2.45, 2.75) is 75.5 Å². The van der Waals surface area contributed by atoms with Crippen molar-refractivity contribution in [1.29, 1.82) is 0 Å². The number of urea groups is 1. The van der Waals surface area contributed by atoms with E-state index in [-0.39, 0.29) is 55.8 Å². The number of nitrogens with one attached hydrogen (secondary N) is 4. The molecule has 3 fully saturated rings. The van der Waals surface area contributed by atoms with Crippen LogP contribution in [0.5, 0.6) is 0 Å². The van der Waals surface area contributed by atoms with Gasteiger partial charge < -0.3 is 26.2 Å². The Morgan fingerprint density at radius 1 is 0.863 bits per heavy atom. The zero-order valence-corrected chi connectivity index (χ0v) is 28.8. The smallest absolute Gasteiger partial charge is 0.315 e. The summed E-state index contributed by atoms with van der Waals surface area (Å²) >= 11 is 0. The number of anilines is 1. The van der Waals surface area contributed by atoms with Gasteiger partial charge in [0.25, 0.3) is 5.91 Å². The molecule has 1 saturated heterocycles. The predicted molar refractivity (Wildman–Crippen MR) is 187 cm³/mol. The molecule has 5 amide bonds. The number of hydrogen-bond acceptors (Lipinski definition) is 6. The number of carbonyl (C=O) groups excluding carboxylic acids is 4. The summed E-state index contributed by atoms with van der Waals surface area (Å²) in [6, 6.07) is 16.6. The van der Waals surface area contributed by atoms with Gasteiger partial charge in [-0.15, -0.1) is 0 Å². The lowest BCUT2D eigenvalue weighted by Crippen LogP contribution is -2.56. The average molecular weight is 705 g/mol. The molecule has 2 aliphatic carbocycles. The Kier molecular flexibility index (Phi) is 11.3. The molecule has 3 aromatic rings. The Bertz CT molecular complexity index is 1660. The Balaban J connectivity index is 1.09. The number of benzene rings is 2. The minimum atomic E-state index is -2.79. The van der Waals surface area contributed by atoms with Crippen LogP contribution in [0.4, 0.5) is 19.3 Å². The molecule has 3 aliphatic rings. The van der Waals surface area contributed by atoms with Gasteiger partial charge in [0.1, 0.15) is 17.8 Å². The van der Waals surface area contributed by atoms with E-state index in [0.29, 0.717) is 18.8 Å². The van der Waals surface area contributed by atoms with Crippen molar-refractivity contribution in [3.8, 4) is 0 Å². The number of halogens is 2. The Hall–Kier alpha value is -4.85. The van der Waals surface area contributed by atoms with Gasteiger partial charge in [-0.2, -0.15) is 5.10 Å². The highest BCUT2D eigenvalue weighted by Crippen LogP contribution is 2.38. The molecule has 51 heavy (non-hydrogen) atoms. The summed E-state index contributed by atoms with van der Waals surface area (Å²) in [4.78, 5) is 57.3.